The number of hydrogen-bond acceptors (Lipinski definition) is 2. The zero-order chi connectivity index (χ0) is 19.3. The van der Waals surface area contributed by atoms with Gasteiger partial charge in [0.15, 0.2) is 0 Å². The molecule has 1 saturated heterocycles. The second-order valence-electron chi connectivity index (χ2n) is 7.79. The highest BCUT2D eigenvalue weighted by molar-refractivity contribution is 5.94. The molecule has 142 valence electrons. The van der Waals surface area contributed by atoms with Crippen LogP contribution in [0.2, 0.25) is 0 Å². The van der Waals surface area contributed by atoms with Crippen LogP contribution in [0, 0.1) is 12.7 Å². The Hall–Kier alpha value is -3.08. The molecule has 3 heterocycles. The van der Waals surface area contributed by atoms with Crippen LogP contribution in [0.3, 0.4) is 0 Å². The van der Waals surface area contributed by atoms with Crippen LogP contribution in [0.25, 0.3) is 5.69 Å². The Kier molecular flexibility index (Phi) is 3.79. The van der Waals surface area contributed by atoms with E-state index in [1.165, 1.54) is 29.1 Å². The highest BCUT2D eigenvalue weighted by atomic mass is 19.1. The van der Waals surface area contributed by atoms with E-state index >= 15 is 0 Å². The third-order valence-electron chi connectivity index (χ3n) is 6.02. The van der Waals surface area contributed by atoms with Crippen LogP contribution < -0.4 is 5.32 Å². The van der Waals surface area contributed by atoms with Crippen LogP contribution in [0.15, 0.2) is 60.8 Å². The van der Waals surface area contributed by atoms with Gasteiger partial charge in [-0.1, -0.05) is 6.07 Å². The van der Waals surface area contributed by atoms with Gasteiger partial charge in [0.1, 0.15) is 5.82 Å². The fourth-order valence-corrected chi connectivity index (χ4v) is 4.51. The van der Waals surface area contributed by atoms with Crippen molar-refractivity contribution in [1.29, 1.82) is 0 Å². The van der Waals surface area contributed by atoms with Crippen molar-refractivity contribution < 1.29 is 9.18 Å². The van der Waals surface area contributed by atoms with E-state index in [4.69, 9.17) is 0 Å². The number of rotatable bonds is 1. The molecule has 0 unspecified atom stereocenters. The van der Waals surface area contributed by atoms with Crippen molar-refractivity contribution >= 4 is 11.6 Å². The van der Waals surface area contributed by atoms with Gasteiger partial charge >= 0.3 is 0 Å². The minimum atomic E-state index is -0.324. The van der Waals surface area contributed by atoms with Gasteiger partial charge in [-0.2, -0.15) is 0 Å². The Morgan fingerprint density at radius 3 is 2.57 bits per heavy atom. The van der Waals surface area contributed by atoms with Gasteiger partial charge in [-0.15, -0.1) is 0 Å². The number of benzene rings is 2. The molecule has 28 heavy (non-hydrogen) atoms. The average Bonchev–Trinajstić information content (AvgIpc) is 3.20. The molecule has 5 heteroatoms. The molecule has 0 atom stereocenters. The first-order chi connectivity index (χ1) is 13.6. The van der Waals surface area contributed by atoms with Crippen LogP contribution in [-0.4, -0.2) is 28.5 Å². The molecule has 5 rings (SSSR count). The van der Waals surface area contributed by atoms with E-state index in [1.54, 1.807) is 12.1 Å². The summed E-state index contributed by atoms with van der Waals surface area (Å²) in [4.78, 5) is 14.7. The number of hydrogen-bond donors (Lipinski definition) is 1. The van der Waals surface area contributed by atoms with Gasteiger partial charge in [0, 0.05) is 30.5 Å². The first kappa shape index (κ1) is 17.0. The van der Waals surface area contributed by atoms with Gasteiger partial charge in [0.25, 0.3) is 5.91 Å². The number of aryl methyl sites for hydroxylation is 1. The monoisotopic (exact) mass is 375 g/mol. The Morgan fingerprint density at radius 2 is 1.82 bits per heavy atom. The molecule has 2 aliphatic rings. The minimum Gasteiger partial charge on any atom is -0.372 e. The first-order valence-electron chi connectivity index (χ1n) is 9.68. The van der Waals surface area contributed by atoms with E-state index in [9.17, 15) is 9.18 Å². The van der Waals surface area contributed by atoms with Crippen LogP contribution in [0.5, 0.6) is 0 Å². The van der Waals surface area contributed by atoms with Crippen LogP contribution >= 0.6 is 0 Å². The summed E-state index contributed by atoms with van der Waals surface area (Å²) in [5, 5.41) is 3.79. The number of nitrogens with one attached hydrogen (secondary N) is 1. The molecular formula is C23H22FN3O. The summed E-state index contributed by atoms with van der Waals surface area (Å²) >= 11 is 0. The molecule has 0 bridgehead atoms. The predicted molar refractivity (Wildman–Crippen MR) is 107 cm³/mol. The molecule has 2 aromatic carbocycles. The molecule has 1 amide bonds. The second-order valence-corrected chi connectivity index (χ2v) is 7.79. The maximum Gasteiger partial charge on any atom is 0.253 e. The SMILES string of the molecule is Cc1ccc2c(c1)NC1(CCN(C(=O)c3ccc(F)cc3)CC1)c1cccn1-2. The summed E-state index contributed by atoms with van der Waals surface area (Å²) in [7, 11) is 0. The number of halogens is 1. The Labute approximate surface area is 163 Å². The second kappa shape index (κ2) is 6.23. The number of nitrogens with zero attached hydrogens (tertiary/aromatic N) is 2. The van der Waals surface area contributed by atoms with E-state index in [0.717, 1.165) is 18.5 Å². The van der Waals surface area contributed by atoms with Crippen molar-refractivity contribution in [3.63, 3.8) is 0 Å². The Bertz CT molecular complexity index is 1050. The summed E-state index contributed by atoms with van der Waals surface area (Å²) in [5.41, 5.74) is 5.14. The van der Waals surface area contributed by atoms with E-state index in [0.29, 0.717) is 18.7 Å². The molecule has 4 nitrogen and oxygen atoms in total. The fourth-order valence-electron chi connectivity index (χ4n) is 4.51. The smallest absolute Gasteiger partial charge is 0.253 e. The van der Waals surface area contributed by atoms with Gasteiger partial charge in [-0.05, 0) is 73.9 Å². The Balaban J connectivity index is 1.41. The largest absolute Gasteiger partial charge is 0.372 e. The highest BCUT2D eigenvalue weighted by Gasteiger charge is 2.42. The number of carbonyl (C=O) groups excluding carboxylic acids is 1. The maximum atomic E-state index is 13.2. The van der Waals surface area contributed by atoms with Crippen molar-refractivity contribution in [2.75, 3.05) is 18.4 Å². The molecule has 1 spiro atoms. The van der Waals surface area contributed by atoms with Crippen LogP contribution in [-0.2, 0) is 5.54 Å². The van der Waals surface area contributed by atoms with E-state index in [-0.39, 0.29) is 17.3 Å². The lowest BCUT2D eigenvalue weighted by Crippen LogP contribution is -2.51. The average molecular weight is 375 g/mol. The number of carbonyl (C=O) groups is 1. The zero-order valence-corrected chi connectivity index (χ0v) is 15.8. The molecule has 0 saturated carbocycles. The van der Waals surface area contributed by atoms with Gasteiger partial charge in [-0.3, -0.25) is 4.79 Å². The van der Waals surface area contributed by atoms with Crippen molar-refractivity contribution in [2.45, 2.75) is 25.3 Å². The first-order valence-corrected chi connectivity index (χ1v) is 9.68. The third-order valence-corrected chi connectivity index (χ3v) is 6.02. The molecular weight excluding hydrogens is 353 g/mol. The topological polar surface area (TPSA) is 37.3 Å². The van der Waals surface area contributed by atoms with Gasteiger partial charge < -0.3 is 14.8 Å². The summed E-state index contributed by atoms with van der Waals surface area (Å²) < 4.78 is 15.4. The predicted octanol–water partition coefficient (Wildman–Crippen LogP) is 4.48. The van der Waals surface area contributed by atoms with Crippen LogP contribution in [0.4, 0.5) is 10.1 Å². The van der Waals surface area contributed by atoms with Gasteiger partial charge in [-0.25, -0.2) is 4.39 Å². The fraction of sp³-hybridized carbons (Fsp3) is 0.261. The van der Waals surface area contributed by atoms with E-state index in [2.05, 4.69) is 53.3 Å². The molecule has 1 fully saturated rings. The number of likely N-dealkylation sites (tertiary alicyclic amines) is 1. The molecule has 0 aliphatic carbocycles. The quantitative estimate of drug-likeness (QED) is 0.681. The van der Waals surface area contributed by atoms with E-state index in [1.807, 2.05) is 4.90 Å². The highest BCUT2D eigenvalue weighted by Crippen LogP contribution is 2.43. The molecule has 3 aromatic rings. The number of aromatic nitrogens is 1. The zero-order valence-electron chi connectivity index (χ0n) is 15.8. The summed E-state index contributed by atoms with van der Waals surface area (Å²) in [6.07, 6.45) is 3.77. The molecule has 0 radical (unpaired) electrons. The molecule has 1 N–H and O–H groups in total. The number of piperidine rings is 1. The number of anilines is 1. The lowest BCUT2D eigenvalue weighted by atomic mass is 9.82. The van der Waals surface area contributed by atoms with Crippen LogP contribution in [0.1, 0.15) is 34.5 Å². The van der Waals surface area contributed by atoms with Gasteiger partial charge in [0.05, 0.1) is 16.9 Å². The standard InChI is InChI=1S/C23H22FN3O/c1-16-4-9-20-19(15-16)25-23(21-3-2-12-27(20)21)10-13-26(14-11-23)22(28)17-5-7-18(24)8-6-17/h2-9,12,15,25H,10-11,13-14H2,1H3. The van der Waals surface area contributed by atoms with Crippen molar-refractivity contribution in [2.24, 2.45) is 0 Å². The third kappa shape index (κ3) is 2.61. The molecule has 1 aromatic heterocycles. The lowest BCUT2D eigenvalue weighted by Gasteiger charge is -2.46. The summed E-state index contributed by atoms with van der Waals surface area (Å²) in [5.74, 6) is -0.354. The van der Waals surface area contributed by atoms with E-state index < -0.39 is 0 Å². The van der Waals surface area contributed by atoms with Gasteiger partial charge in [0.2, 0.25) is 0 Å². The maximum absolute atomic E-state index is 13.2. The number of amides is 1. The van der Waals surface area contributed by atoms with Crippen molar-refractivity contribution in [3.8, 4) is 5.69 Å². The summed E-state index contributed by atoms with van der Waals surface area (Å²) in [6.45, 7) is 3.43. The summed E-state index contributed by atoms with van der Waals surface area (Å²) in [6, 6.07) is 16.5. The van der Waals surface area contributed by atoms with Crippen molar-refractivity contribution in [1.82, 2.24) is 9.47 Å². The van der Waals surface area contributed by atoms with Crippen molar-refractivity contribution in [3.05, 3.63) is 83.4 Å². The normalized spacial score (nSPS) is 17.0. The molecule has 2 aliphatic heterocycles. The number of fused-ring (bicyclic) bond motifs is 4. The Morgan fingerprint density at radius 1 is 1.07 bits per heavy atom. The lowest BCUT2D eigenvalue weighted by molar-refractivity contribution is 0.0676. The minimum absolute atomic E-state index is 0.0303.